The van der Waals surface area contributed by atoms with Gasteiger partial charge in [0.25, 0.3) is 0 Å². The molecule has 5 N–H and O–H groups in total. The number of hydrogen-bond acceptors (Lipinski definition) is 18. The van der Waals surface area contributed by atoms with Crippen LogP contribution in [0.5, 0.6) is 5.75 Å². The number of hydrogen-bond donors (Lipinski definition) is 5. The van der Waals surface area contributed by atoms with Gasteiger partial charge in [-0.2, -0.15) is 0 Å². The lowest BCUT2D eigenvalue weighted by atomic mass is 9.92. The van der Waals surface area contributed by atoms with E-state index in [1.807, 2.05) is 45.0 Å². The number of epoxide rings is 1. The summed E-state index contributed by atoms with van der Waals surface area (Å²) in [6.45, 7) is 19.6. The predicted molar refractivity (Wildman–Crippen MR) is 329 cm³/mol. The first-order chi connectivity index (χ1) is 42.4. The molecule has 0 saturated carbocycles. The molecule has 2 aliphatic rings. The third-order valence-electron chi connectivity index (χ3n) is 14.6. The van der Waals surface area contributed by atoms with E-state index in [0.717, 1.165) is 11.1 Å². The average molecular weight is 1270 g/mol. The van der Waals surface area contributed by atoms with Crippen LogP contribution >= 0.6 is 11.6 Å². The van der Waals surface area contributed by atoms with Crippen molar-refractivity contribution in [3.8, 4) is 5.75 Å². The summed E-state index contributed by atoms with van der Waals surface area (Å²) in [6.07, 6.45) is 1.30. The van der Waals surface area contributed by atoms with Gasteiger partial charge in [-0.3, -0.25) is 38.4 Å². The van der Waals surface area contributed by atoms with Crippen LogP contribution in [0, 0.1) is 23.2 Å². The molecule has 6 amide bonds. The van der Waals surface area contributed by atoms with Crippen LogP contribution in [0.4, 0.5) is 0 Å². The molecule has 1 fully saturated rings. The molecule has 2 heterocycles. The summed E-state index contributed by atoms with van der Waals surface area (Å²) in [7, 11) is 3.07. The van der Waals surface area contributed by atoms with E-state index in [4.69, 9.17) is 54.2 Å². The normalized spacial score (nSPS) is 20.1. The van der Waals surface area contributed by atoms with E-state index >= 15 is 0 Å². The first kappa shape index (κ1) is 74.5. The Kier molecular flexibility index (Phi) is 32.3. The second-order valence-corrected chi connectivity index (χ2v) is 23.7. The molecule has 8 atom stereocenters. The van der Waals surface area contributed by atoms with Crippen LogP contribution in [0.25, 0.3) is 0 Å². The summed E-state index contributed by atoms with van der Waals surface area (Å²) in [6, 6.07) is 9.29. The number of carbonyl (C=O) groups is 9. The van der Waals surface area contributed by atoms with E-state index in [9.17, 15) is 43.2 Å². The highest BCUT2D eigenvalue weighted by molar-refractivity contribution is 6.32. The maximum absolute atomic E-state index is 14.0. The van der Waals surface area contributed by atoms with Gasteiger partial charge in [0.05, 0.1) is 82.7 Å². The van der Waals surface area contributed by atoms with Crippen LogP contribution in [-0.2, 0) is 94.0 Å². The molecule has 2 aromatic rings. The summed E-state index contributed by atoms with van der Waals surface area (Å²) < 4.78 is 49.9. The number of halogens is 1. The van der Waals surface area contributed by atoms with Crippen LogP contribution in [0.15, 0.2) is 67.3 Å². The quantitative estimate of drug-likeness (QED) is 0.0203. The topological polar surface area (TPSA) is 303 Å². The molecule has 0 spiro atoms. The van der Waals surface area contributed by atoms with Gasteiger partial charge in [-0.25, -0.2) is 4.79 Å². The van der Waals surface area contributed by atoms with Crippen molar-refractivity contribution >= 4 is 65.0 Å². The van der Waals surface area contributed by atoms with Crippen LogP contribution < -0.4 is 31.3 Å². The van der Waals surface area contributed by atoms with E-state index in [0.29, 0.717) is 49.4 Å². The van der Waals surface area contributed by atoms with E-state index < -0.39 is 101 Å². The van der Waals surface area contributed by atoms with Gasteiger partial charge in [-0.15, -0.1) is 0 Å². The lowest BCUT2D eigenvalue weighted by Crippen LogP contribution is -2.54. The summed E-state index contributed by atoms with van der Waals surface area (Å²) in [5.41, 5.74) is 0.907. The van der Waals surface area contributed by atoms with Crippen molar-refractivity contribution in [1.82, 2.24) is 31.5 Å². The third-order valence-corrected chi connectivity index (χ3v) is 14.9. The minimum atomic E-state index is -1.29. The number of amides is 6. The number of methoxy groups -OCH3 is 2. The molecule has 2 aromatic carbocycles. The largest absolute Gasteiger partial charge is 0.495 e. The SMILES string of the molecule is C=CCOC(=O)CCN(CCC(=O)N[C@H](C(=O)N[C@@H](C)C(=O)NCc1ccc([C@H]2O[C@H]2C(C)[C@@H]2C/C=C\C(=O)N[C@H](Cc3ccc(OC)c(Cl)c3)C(=O)NCC(C)(C)C(=O)O[C@@H](CC(C)C)C(=O)O2)cc1)C(C)C)C(=O)CCOCCOCCOCCOC. The number of benzene rings is 2. The maximum Gasteiger partial charge on any atom is 0.347 e. The number of carbonyl (C=O) groups excluding carboxylic acids is 9. The summed E-state index contributed by atoms with van der Waals surface area (Å²) in [4.78, 5) is 122. The molecule has 0 radical (unpaired) electrons. The average Bonchev–Trinajstić information content (AvgIpc) is 2.12. The fourth-order valence-electron chi connectivity index (χ4n) is 9.19. The zero-order valence-electron chi connectivity index (χ0n) is 53.2. The van der Waals surface area contributed by atoms with Crippen molar-refractivity contribution < 1.29 is 85.8 Å². The van der Waals surface area contributed by atoms with Gasteiger partial charge in [-0.05, 0) is 73.9 Å². The van der Waals surface area contributed by atoms with Gasteiger partial charge in [0.2, 0.25) is 35.4 Å². The minimum Gasteiger partial charge on any atom is -0.495 e. The van der Waals surface area contributed by atoms with Crippen molar-refractivity contribution in [2.75, 3.05) is 86.7 Å². The Morgan fingerprint density at radius 3 is 2.10 bits per heavy atom. The number of cyclic esters (lactones) is 2. The standard InChI is InChI=1S/C64H93ClN6O18/c1-12-27-86-55(75)23-26-71(54(74)24-28-83-31-32-85-34-33-84-30-29-81-10)25-22-53(73)70-56(41(4)5)61(78)68-43(7)59(76)66-38-44-16-19-46(20-17-44)58-57(89-58)42(6)49-14-13-15-52(72)69-48(37-45-18-21-50(82-11)47(65)36-45)60(77)67-39-64(8,9)63(80)88-51(35-40(2)3)62(79)87-49/h12-13,15-21,36,40-43,48-49,51,56-58H,1,14,22-35,37-39H2,2-11H3,(H,66,76)(H,67,77)(H,68,78)(H,69,72)(H,70,73)/b15-13-/t42?,43-,48+,49-,51-,56-,57-,58+/m0/s1. The minimum absolute atomic E-state index is 0.00925. The molecular formula is C64H93ClN6O18. The second kappa shape index (κ2) is 38.6. The molecule has 1 saturated heterocycles. The summed E-state index contributed by atoms with van der Waals surface area (Å²) in [5.74, 6) is -5.56. The van der Waals surface area contributed by atoms with Crippen molar-refractivity contribution in [3.05, 3.63) is 89.0 Å². The Hall–Kier alpha value is -6.96. The predicted octanol–water partition coefficient (Wildman–Crippen LogP) is 4.81. The molecule has 0 bridgehead atoms. The smallest absolute Gasteiger partial charge is 0.347 e. The molecule has 494 valence electrons. The monoisotopic (exact) mass is 1270 g/mol. The first-order valence-corrected chi connectivity index (χ1v) is 30.6. The van der Waals surface area contributed by atoms with E-state index in [1.165, 1.54) is 31.1 Å². The highest BCUT2D eigenvalue weighted by Gasteiger charge is 2.48. The number of esters is 3. The Morgan fingerprint density at radius 2 is 1.47 bits per heavy atom. The van der Waals surface area contributed by atoms with Gasteiger partial charge in [0, 0.05) is 58.5 Å². The lowest BCUT2D eigenvalue weighted by Gasteiger charge is -2.29. The zero-order valence-corrected chi connectivity index (χ0v) is 53.9. The highest BCUT2D eigenvalue weighted by Crippen LogP contribution is 2.45. The first-order valence-electron chi connectivity index (χ1n) is 30.2. The van der Waals surface area contributed by atoms with Gasteiger partial charge in [0.15, 0.2) is 6.10 Å². The maximum atomic E-state index is 14.0. The molecule has 0 aromatic heterocycles. The second-order valence-electron chi connectivity index (χ2n) is 23.3. The number of nitrogens with one attached hydrogen (secondary N) is 5. The molecular weight excluding hydrogens is 1180 g/mol. The zero-order chi connectivity index (χ0) is 65.6. The molecule has 4 rings (SSSR count). The van der Waals surface area contributed by atoms with Crippen molar-refractivity contribution in [3.63, 3.8) is 0 Å². The molecule has 89 heavy (non-hydrogen) atoms. The Balaban J connectivity index is 1.34. The molecule has 25 heteroatoms. The fourth-order valence-corrected chi connectivity index (χ4v) is 9.47. The van der Waals surface area contributed by atoms with E-state index in [1.54, 1.807) is 59.1 Å². The molecule has 0 aliphatic carbocycles. The fraction of sp³-hybridized carbons (Fsp3) is 0.609. The van der Waals surface area contributed by atoms with Crippen LogP contribution in [-0.4, -0.2) is 181 Å². The number of rotatable bonds is 35. The van der Waals surface area contributed by atoms with Crippen molar-refractivity contribution in [2.24, 2.45) is 23.2 Å². The number of ether oxygens (including phenoxy) is 9. The Morgan fingerprint density at radius 1 is 0.820 bits per heavy atom. The van der Waals surface area contributed by atoms with Gasteiger partial charge in [0.1, 0.15) is 42.7 Å². The Bertz CT molecular complexity index is 2690. The third kappa shape index (κ3) is 26.6. The van der Waals surface area contributed by atoms with Gasteiger partial charge < -0.3 is 74.1 Å². The van der Waals surface area contributed by atoms with Crippen LogP contribution in [0.2, 0.25) is 5.02 Å². The molecule has 2 aliphatic heterocycles. The summed E-state index contributed by atoms with van der Waals surface area (Å²) >= 11 is 6.39. The van der Waals surface area contributed by atoms with Crippen LogP contribution in [0.3, 0.4) is 0 Å². The van der Waals surface area contributed by atoms with E-state index in [2.05, 4.69) is 33.2 Å². The molecule has 1 unspecified atom stereocenters. The lowest BCUT2D eigenvalue weighted by molar-refractivity contribution is -0.179. The van der Waals surface area contributed by atoms with Crippen molar-refractivity contribution in [2.45, 2.75) is 143 Å². The summed E-state index contributed by atoms with van der Waals surface area (Å²) in [5, 5.41) is 14.1. The Labute approximate surface area is 527 Å². The molecule has 24 nitrogen and oxygen atoms in total. The van der Waals surface area contributed by atoms with Crippen molar-refractivity contribution in [1.29, 1.82) is 0 Å². The van der Waals surface area contributed by atoms with E-state index in [-0.39, 0.29) is 102 Å². The van der Waals surface area contributed by atoms with Crippen LogP contribution in [0.1, 0.15) is 110 Å². The van der Waals surface area contributed by atoms with Gasteiger partial charge >= 0.3 is 17.9 Å². The highest BCUT2D eigenvalue weighted by atomic mass is 35.5. The van der Waals surface area contributed by atoms with Gasteiger partial charge in [-0.1, -0.05) is 95.3 Å². The number of nitrogens with zero attached hydrogens (tertiary/aromatic N) is 1.